The van der Waals surface area contributed by atoms with Crippen LogP contribution in [0.1, 0.15) is 33.1 Å². The van der Waals surface area contributed by atoms with Crippen LogP contribution in [0.4, 0.5) is 0 Å². The summed E-state index contributed by atoms with van der Waals surface area (Å²) in [6.45, 7) is 4.20. The molecule has 0 N–H and O–H groups in total. The van der Waals surface area contributed by atoms with Crippen molar-refractivity contribution in [3.05, 3.63) is 12.2 Å². The van der Waals surface area contributed by atoms with Crippen LogP contribution in [0.15, 0.2) is 12.2 Å². The van der Waals surface area contributed by atoms with Gasteiger partial charge in [-0.3, -0.25) is 0 Å². The zero-order valence-corrected chi connectivity index (χ0v) is 6.84. The number of carbonyl (C=O) groups excluding carboxylic acids is 1. The molecule has 0 radical (unpaired) electrons. The maximum absolute atomic E-state index is 10.0. The van der Waals surface area contributed by atoms with Gasteiger partial charge in [-0.1, -0.05) is 26.0 Å². The molecule has 1 atom stereocenters. The van der Waals surface area contributed by atoms with Crippen molar-refractivity contribution in [2.45, 2.75) is 33.1 Å². The van der Waals surface area contributed by atoms with Gasteiger partial charge in [0.2, 0.25) is 0 Å². The standard InChI is InChI=1S/C9H16O/c1-3-4-5-6-9(2)7-8-10/h4-5,8-9H,3,6-7H2,1-2H3. The van der Waals surface area contributed by atoms with E-state index < -0.39 is 0 Å². The minimum absolute atomic E-state index is 0.514. The second kappa shape index (κ2) is 6.53. The predicted molar refractivity (Wildman–Crippen MR) is 43.9 cm³/mol. The minimum atomic E-state index is 0.514. The van der Waals surface area contributed by atoms with Crippen molar-refractivity contribution >= 4 is 6.29 Å². The maximum Gasteiger partial charge on any atom is 0.120 e. The van der Waals surface area contributed by atoms with Gasteiger partial charge in [-0.15, -0.1) is 0 Å². The molecular weight excluding hydrogens is 124 g/mol. The highest BCUT2D eigenvalue weighted by Crippen LogP contribution is 2.05. The molecule has 0 saturated heterocycles. The lowest BCUT2D eigenvalue weighted by molar-refractivity contribution is -0.108. The van der Waals surface area contributed by atoms with E-state index in [1.807, 2.05) is 0 Å². The van der Waals surface area contributed by atoms with Gasteiger partial charge in [-0.2, -0.15) is 0 Å². The van der Waals surface area contributed by atoms with Gasteiger partial charge in [-0.05, 0) is 18.8 Å². The molecule has 1 unspecified atom stereocenters. The summed E-state index contributed by atoms with van der Waals surface area (Å²) < 4.78 is 0. The first-order valence-corrected chi connectivity index (χ1v) is 3.89. The van der Waals surface area contributed by atoms with E-state index in [4.69, 9.17) is 0 Å². The van der Waals surface area contributed by atoms with Crippen LogP contribution >= 0.6 is 0 Å². The van der Waals surface area contributed by atoms with Gasteiger partial charge in [0, 0.05) is 6.42 Å². The van der Waals surface area contributed by atoms with Crippen LogP contribution in [-0.2, 0) is 4.79 Å². The molecule has 1 heteroatoms. The third kappa shape index (κ3) is 5.54. The molecule has 0 aliphatic heterocycles. The smallest absolute Gasteiger partial charge is 0.120 e. The average Bonchev–Trinajstić information content (AvgIpc) is 1.89. The molecule has 0 aromatic carbocycles. The minimum Gasteiger partial charge on any atom is -0.303 e. The Bertz CT molecular complexity index is 105. The molecule has 0 heterocycles. The fourth-order valence-corrected chi connectivity index (χ4v) is 0.756. The Kier molecular flexibility index (Phi) is 6.14. The Hall–Kier alpha value is -0.590. The third-order valence-corrected chi connectivity index (χ3v) is 1.44. The van der Waals surface area contributed by atoms with E-state index in [0.717, 1.165) is 19.1 Å². The summed E-state index contributed by atoms with van der Waals surface area (Å²) in [4.78, 5) is 10.0. The Labute approximate surface area is 63.1 Å². The molecule has 1 nitrogen and oxygen atoms in total. The van der Waals surface area contributed by atoms with Gasteiger partial charge in [-0.25, -0.2) is 0 Å². The van der Waals surface area contributed by atoms with E-state index in [0.29, 0.717) is 12.3 Å². The summed E-state index contributed by atoms with van der Waals surface area (Å²) in [5.74, 6) is 0.514. The lowest BCUT2D eigenvalue weighted by atomic mass is 10.0. The van der Waals surface area contributed by atoms with E-state index in [-0.39, 0.29) is 0 Å². The third-order valence-electron chi connectivity index (χ3n) is 1.44. The number of aldehydes is 1. The van der Waals surface area contributed by atoms with Gasteiger partial charge in [0.1, 0.15) is 6.29 Å². The lowest BCUT2D eigenvalue weighted by Crippen LogP contribution is -1.92. The Balaban J connectivity index is 3.28. The molecule has 0 aliphatic carbocycles. The zero-order chi connectivity index (χ0) is 7.82. The molecular formula is C9H16O. The molecule has 58 valence electrons. The summed E-state index contributed by atoms with van der Waals surface area (Å²) in [6, 6.07) is 0. The number of allylic oxidation sites excluding steroid dienone is 2. The van der Waals surface area contributed by atoms with Gasteiger partial charge in [0.25, 0.3) is 0 Å². The fraction of sp³-hybridized carbons (Fsp3) is 0.667. The van der Waals surface area contributed by atoms with Crippen molar-refractivity contribution in [2.75, 3.05) is 0 Å². The number of hydrogen-bond donors (Lipinski definition) is 0. The number of hydrogen-bond acceptors (Lipinski definition) is 1. The van der Waals surface area contributed by atoms with E-state index in [1.165, 1.54) is 0 Å². The molecule has 0 fully saturated rings. The van der Waals surface area contributed by atoms with E-state index >= 15 is 0 Å². The average molecular weight is 140 g/mol. The largest absolute Gasteiger partial charge is 0.303 e. The van der Waals surface area contributed by atoms with Crippen molar-refractivity contribution < 1.29 is 4.79 Å². The van der Waals surface area contributed by atoms with Crippen molar-refractivity contribution in [1.82, 2.24) is 0 Å². The Morgan fingerprint density at radius 3 is 2.50 bits per heavy atom. The molecule has 0 spiro atoms. The van der Waals surface area contributed by atoms with Crippen LogP contribution in [0.5, 0.6) is 0 Å². The first-order valence-electron chi connectivity index (χ1n) is 3.89. The topological polar surface area (TPSA) is 17.1 Å². The van der Waals surface area contributed by atoms with Crippen LogP contribution < -0.4 is 0 Å². The Morgan fingerprint density at radius 2 is 2.00 bits per heavy atom. The Morgan fingerprint density at radius 1 is 1.30 bits per heavy atom. The second-order valence-corrected chi connectivity index (χ2v) is 2.62. The van der Waals surface area contributed by atoms with Gasteiger partial charge in [0.05, 0.1) is 0 Å². The highest BCUT2D eigenvalue weighted by Gasteiger charge is 1.95. The van der Waals surface area contributed by atoms with Crippen molar-refractivity contribution in [1.29, 1.82) is 0 Å². The SMILES string of the molecule is CCC=CCC(C)CC=O. The second-order valence-electron chi connectivity index (χ2n) is 2.62. The molecule has 0 aromatic rings. The first-order chi connectivity index (χ1) is 4.81. The fourth-order valence-electron chi connectivity index (χ4n) is 0.756. The van der Waals surface area contributed by atoms with E-state index in [9.17, 15) is 4.79 Å². The highest BCUT2D eigenvalue weighted by molar-refractivity contribution is 5.49. The number of carbonyl (C=O) groups is 1. The predicted octanol–water partition coefficient (Wildman–Crippen LogP) is 2.57. The first kappa shape index (κ1) is 9.41. The van der Waals surface area contributed by atoms with Gasteiger partial charge < -0.3 is 4.79 Å². The quantitative estimate of drug-likeness (QED) is 0.423. The summed E-state index contributed by atoms with van der Waals surface area (Å²) >= 11 is 0. The summed E-state index contributed by atoms with van der Waals surface area (Å²) in [7, 11) is 0. The lowest BCUT2D eigenvalue weighted by Gasteiger charge is -2.00. The molecule has 0 aromatic heterocycles. The van der Waals surface area contributed by atoms with Crippen LogP contribution in [0, 0.1) is 5.92 Å². The van der Waals surface area contributed by atoms with Crippen molar-refractivity contribution in [3.63, 3.8) is 0 Å². The monoisotopic (exact) mass is 140 g/mol. The zero-order valence-electron chi connectivity index (χ0n) is 6.84. The molecule has 0 saturated carbocycles. The van der Waals surface area contributed by atoms with Gasteiger partial charge >= 0.3 is 0 Å². The number of rotatable bonds is 5. The maximum atomic E-state index is 10.0. The van der Waals surface area contributed by atoms with Crippen LogP contribution in [0.2, 0.25) is 0 Å². The highest BCUT2D eigenvalue weighted by atomic mass is 16.1. The molecule has 0 amide bonds. The van der Waals surface area contributed by atoms with Crippen molar-refractivity contribution in [3.8, 4) is 0 Å². The molecule has 0 rings (SSSR count). The summed E-state index contributed by atoms with van der Waals surface area (Å²) in [5, 5.41) is 0. The van der Waals surface area contributed by atoms with E-state index in [1.54, 1.807) is 0 Å². The molecule has 0 aliphatic rings. The van der Waals surface area contributed by atoms with Crippen LogP contribution in [0.3, 0.4) is 0 Å². The molecule has 10 heavy (non-hydrogen) atoms. The summed E-state index contributed by atoms with van der Waals surface area (Å²) in [5.41, 5.74) is 0. The van der Waals surface area contributed by atoms with E-state index in [2.05, 4.69) is 26.0 Å². The summed E-state index contributed by atoms with van der Waals surface area (Å²) in [6.07, 6.45) is 8.09. The van der Waals surface area contributed by atoms with Crippen LogP contribution in [-0.4, -0.2) is 6.29 Å². The normalized spacial score (nSPS) is 13.8. The van der Waals surface area contributed by atoms with Crippen LogP contribution in [0.25, 0.3) is 0 Å². The van der Waals surface area contributed by atoms with Crippen molar-refractivity contribution in [2.24, 2.45) is 5.92 Å². The van der Waals surface area contributed by atoms with Gasteiger partial charge in [0.15, 0.2) is 0 Å². The molecule has 0 bridgehead atoms.